The number of carbonyl (C=O) groups is 3. The summed E-state index contributed by atoms with van der Waals surface area (Å²) in [4.78, 5) is 34.9. The van der Waals surface area contributed by atoms with E-state index in [1.54, 1.807) is 0 Å². The second kappa shape index (κ2) is 9.27. The zero-order valence-corrected chi connectivity index (χ0v) is 11.5. The lowest BCUT2D eigenvalue weighted by Gasteiger charge is -2.18. The zero-order chi connectivity index (χ0) is 14.8. The molecule has 0 heterocycles. The number of nitrogens with zero attached hydrogens (tertiary/aromatic N) is 1. The largest absolute Gasteiger partial charge is 0.477 e. The van der Waals surface area contributed by atoms with Crippen LogP contribution in [0.15, 0.2) is 12.2 Å². The van der Waals surface area contributed by atoms with Gasteiger partial charge in [-0.25, -0.2) is 9.59 Å². The van der Waals surface area contributed by atoms with E-state index < -0.39 is 23.5 Å². The Morgan fingerprint density at radius 2 is 1.84 bits per heavy atom. The van der Waals surface area contributed by atoms with Gasteiger partial charge in [-0.05, 0) is 19.5 Å². The third-order valence-electron chi connectivity index (χ3n) is 2.59. The Morgan fingerprint density at radius 1 is 1.21 bits per heavy atom. The predicted molar refractivity (Wildman–Crippen MR) is 69.5 cm³/mol. The quantitative estimate of drug-likeness (QED) is 0.223. The highest BCUT2D eigenvalue weighted by Crippen LogP contribution is 2.00. The van der Waals surface area contributed by atoms with E-state index in [-0.39, 0.29) is 6.54 Å². The van der Waals surface area contributed by atoms with Crippen LogP contribution in [0.3, 0.4) is 0 Å². The molecule has 0 spiro atoms. The molecule has 0 aliphatic carbocycles. The van der Waals surface area contributed by atoms with Gasteiger partial charge in [-0.2, -0.15) is 0 Å². The van der Waals surface area contributed by atoms with Gasteiger partial charge in [0.15, 0.2) is 0 Å². The molecule has 0 aliphatic rings. The molecule has 6 nitrogen and oxygen atoms in total. The summed E-state index contributed by atoms with van der Waals surface area (Å²) in [7, 11) is 0. The minimum Gasteiger partial charge on any atom is -0.477 e. The first-order valence-corrected chi connectivity index (χ1v) is 6.31. The van der Waals surface area contributed by atoms with E-state index in [4.69, 9.17) is 5.11 Å². The van der Waals surface area contributed by atoms with Crippen LogP contribution >= 0.6 is 0 Å². The Hall–Kier alpha value is -1.69. The second-order valence-corrected chi connectivity index (χ2v) is 4.12. The standard InChI is InChI=1S/C13H21NO5/c1-4-6-7-8-14(5-2)9-11(15)19-13(18)10(3)12(16)17/h3-9H2,1-2H3,(H,16,17). The minimum absolute atomic E-state index is 0.0289. The fourth-order valence-electron chi connectivity index (χ4n) is 1.40. The molecule has 0 atom stereocenters. The molecule has 0 saturated heterocycles. The molecule has 0 radical (unpaired) electrons. The Labute approximate surface area is 113 Å². The van der Waals surface area contributed by atoms with Gasteiger partial charge in [-0.1, -0.05) is 33.3 Å². The van der Waals surface area contributed by atoms with Gasteiger partial charge in [0.2, 0.25) is 0 Å². The van der Waals surface area contributed by atoms with Crippen LogP contribution in [0.25, 0.3) is 0 Å². The molecule has 0 aromatic heterocycles. The number of esters is 2. The molecular weight excluding hydrogens is 250 g/mol. The maximum Gasteiger partial charge on any atom is 0.352 e. The van der Waals surface area contributed by atoms with Crippen molar-refractivity contribution in [1.82, 2.24) is 4.90 Å². The first-order chi connectivity index (χ1) is 8.92. The molecule has 0 aromatic rings. The number of carbonyl (C=O) groups excluding carboxylic acids is 2. The predicted octanol–water partition coefficient (Wildman–Crippen LogP) is 1.21. The molecule has 0 bridgehead atoms. The molecule has 0 fully saturated rings. The highest BCUT2D eigenvalue weighted by Gasteiger charge is 2.20. The first kappa shape index (κ1) is 17.3. The van der Waals surface area contributed by atoms with Crippen LogP contribution in [0.1, 0.15) is 33.1 Å². The molecule has 0 amide bonds. The molecular formula is C13H21NO5. The number of carboxylic acid groups (broad SMARTS) is 1. The maximum atomic E-state index is 11.5. The van der Waals surface area contributed by atoms with Crippen LogP contribution in [-0.4, -0.2) is 47.5 Å². The van der Waals surface area contributed by atoms with Crippen molar-refractivity contribution in [3.63, 3.8) is 0 Å². The van der Waals surface area contributed by atoms with Gasteiger partial charge in [0.25, 0.3) is 0 Å². The van der Waals surface area contributed by atoms with Crippen LogP contribution in [0.4, 0.5) is 0 Å². The number of rotatable bonds is 9. The summed E-state index contributed by atoms with van der Waals surface area (Å²) in [6.45, 7) is 8.39. The van der Waals surface area contributed by atoms with Gasteiger partial charge >= 0.3 is 17.9 Å². The van der Waals surface area contributed by atoms with Crippen molar-refractivity contribution < 1.29 is 24.2 Å². The molecule has 1 N–H and O–H groups in total. The molecule has 0 aromatic carbocycles. The number of ether oxygens (including phenoxy) is 1. The Morgan fingerprint density at radius 3 is 2.32 bits per heavy atom. The summed E-state index contributed by atoms with van der Waals surface area (Å²) in [6, 6.07) is 0. The topological polar surface area (TPSA) is 83.9 Å². The van der Waals surface area contributed by atoms with Crippen LogP contribution < -0.4 is 0 Å². The van der Waals surface area contributed by atoms with Crippen LogP contribution in [0.2, 0.25) is 0 Å². The summed E-state index contributed by atoms with van der Waals surface area (Å²) in [5.41, 5.74) is -0.748. The number of carboxylic acids is 1. The normalized spacial score (nSPS) is 10.3. The number of hydrogen-bond donors (Lipinski definition) is 1. The summed E-state index contributed by atoms with van der Waals surface area (Å²) < 4.78 is 4.41. The lowest BCUT2D eigenvalue weighted by molar-refractivity contribution is -0.158. The van der Waals surface area contributed by atoms with Crippen molar-refractivity contribution in [3.8, 4) is 0 Å². The molecule has 6 heteroatoms. The monoisotopic (exact) mass is 271 g/mol. The smallest absolute Gasteiger partial charge is 0.352 e. The van der Waals surface area contributed by atoms with Gasteiger partial charge < -0.3 is 9.84 Å². The fourth-order valence-corrected chi connectivity index (χ4v) is 1.40. The van der Waals surface area contributed by atoms with E-state index in [1.165, 1.54) is 0 Å². The van der Waals surface area contributed by atoms with Crippen LogP contribution in [0, 0.1) is 0 Å². The summed E-state index contributed by atoms with van der Waals surface area (Å²) >= 11 is 0. The summed E-state index contributed by atoms with van der Waals surface area (Å²) in [5, 5.41) is 8.51. The lowest BCUT2D eigenvalue weighted by atomic mass is 10.2. The van der Waals surface area contributed by atoms with Gasteiger partial charge in [-0.15, -0.1) is 0 Å². The Kier molecular flexibility index (Phi) is 8.44. The third-order valence-corrected chi connectivity index (χ3v) is 2.59. The molecule has 19 heavy (non-hydrogen) atoms. The molecule has 0 rings (SSSR count). The number of hydrogen-bond acceptors (Lipinski definition) is 5. The zero-order valence-electron chi connectivity index (χ0n) is 11.5. The van der Waals surface area contributed by atoms with Crippen molar-refractivity contribution in [2.45, 2.75) is 33.1 Å². The average molecular weight is 271 g/mol. The third kappa shape index (κ3) is 7.35. The highest BCUT2D eigenvalue weighted by atomic mass is 16.6. The van der Waals surface area contributed by atoms with Crippen LogP contribution in [-0.2, 0) is 19.1 Å². The van der Waals surface area contributed by atoms with E-state index in [0.29, 0.717) is 6.54 Å². The van der Waals surface area contributed by atoms with E-state index in [9.17, 15) is 14.4 Å². The highest BCUT2D eigenvalue weighted by molar-refractivity contribution is 6.14. The summed E-state index contributed by atoms with van der Waals surface area (Å²) in [6.07, 6.45) is 3.12. The van der Waals surface area contributed by atoms with Crippen molar-refractivity contribution in [1.29, 1.82) is 0 Å². The number of aliphatic carboxylic acids is 1. The minimum atomic E-state index is -1.49. The number of unbranched alkanes of at least 4 members (excludes halogenated alkanes) is 2. The van der Waals surface area contributed by atoms with E-state index in [1.807, 2.05) is 11.8 Å². The van der Waals surface area contributed by atoms with Crippen molar-refractivity contribution in [2.24, 2.45) is 0 Å². The summed E-state index contributed by atoms with van der Waals surface area (Å²) in [5.74, 6) is -3.46. The first-order valence-electron chi connectivity index (χ1n) is 6.31. The lowest BCUT2D eigenvalue weighted by Crippen LogP contribution is -2.33. The van der Waals surface area contributed by atoms with Gasteiger partial charge in [0.1, 0.15) is 5.57 Å². The molecule has 0 unspecified atom stereocenters. The maximum absolute atomic E-state index is 11.5. The Balaban J connectivity index is 4.16. The van der Waals surface area contributed by atoms with E-state index in [2.05, 4.69) is 18.2 Å². The van der Waals surface area contributed by atoms with Crippen molar-refractivity contribution in [3.05, 3.63) is 12.2 Å². The molecule has 108 valence electrons. The van der Waals surface area contributed by atoms with Gasteiger partial charge in [0, 0.05) is 0 Å². The fraction of sp³-hybridized carbons (Fsp3) is 0.615. The van der Waals surface area contributed by atoms with Crippen molar-refractivity contribution in [2.75, 3.05) is 19.6 Å². The van der Waals surface area contributed by atoms with Gasteiger partial charge in [0.05, 0.1) is 6.54 Å². The molecule has 0 saturated carbocycles. The molecule has 0 aliphatic heterocycles. The second-order valence-electron chi connectivity index (χ2n) is 4.12. The van der Waals surface area contributed by atoms with E-state index >= 15 is 0 Å². The SMILES string of the molecule is C=C(C(=O)O)C(=O)OC(=O)CN(CC)CCCCC. The van der Waals surface area contributed by atoms with Gasteiger partial charge in [-0.3, -0.25) is 9.69 Å². The van der Waals surface area contributed by atoms with E-state index in [0.717, 1.165) is 25.8 Å². The van der Waals surface area contributed by atoms with Crippen molar-refractivity contribution >= 4 is 17.9 Å². The Bertz CT molecular complexity index is 351. The number of likely N-dealkylation sites (N-methyl/N-ethyl adjacent to an activating group) is 1. The average Bonchev–Trinajstić information content (AvgIpc) is 2.36. The van der Waals surface area contributed by atoms with Crippen LogP contribution in [0.5, 0.6) is 0 Å².